The van der Waals surface area contributed by atoms with Gasteiger partial charge in [-0.2, -0.15) is 0 Å². The number of rotatable bonds is 3. The third kappa shape index (κ3) is 3.14. The number of hydrogen-bond acceptors (Lipinski definition) is 3. The molecule has 1 aliphatic heterocycles. The maximum atomic E-state index is 4.18. The SMILES string of the molecule is Cc1cnccc1CN1CCNC(C)(c2ccccc2)C1. The second-order valence-corrected chi connectivity index (χ2v) is 6.14. The van der Waals surface area contributed by atoms with Crippen molar-refractivity contribution in [2.45, 2.75) is 25.9 Å². The molecule has 1 aromatic heterocycles. The van der Waals surface area contributed by atoms with Gasteiger partial charge in [-0.1, -0.05) is 30.3 Å². The molecule has 1 atom stereocenters. The maximum absolute atomic E-state index is 4.18. The van der Waals surface area contributed by atoms with Gasteiger partial charge in [-0.25, -0.2) is 0 Å². The van der Waals surface area contributed by atoms with E-state index in [1.165, 1.54) is 16.7 Å². The van der Waals surface area contributed by atoms with Crippen molar-refractivity contribution in [3.05, 3.63) is 65.5 Å². The molecule has 3 heteroatoms. The summed E-state index contributed by atoms with van der Waals surface area (Å²) in [6, 6.07) is 12.9. The number of nitrogens with one attached hydrogen (secondary N) is 1. The van der Waals surface area contributed by atoms with E-state index < -0.39 is 0 Å². The topological polar surface area (TPSA) is 28.2 Å². The van der Waals surface area contributed by atoms with E-state index in [0.29, 0.717) is 0 Å². The van der Waals surface area contributed by atoms with Crippen molar-refractivity contribution in [3.63, 3.8) is 0 Å². The molecule has 2 aromatic rings. The Labute approximate surface area is 127 Å². The summed E-state index contributed by atoms with van der Waals surface area (Å²) in [5.74, 6) is 0. The summed E-state index contributed by atoms with van der Waals surface area (Å²) < 4.78 is 0. The van der Waals surface area contributed by atoms with Crippen LogP contribution in [-0.2, 0) is 12.1 Å². The predicted octanol–water partition coefficient (Wildman–Crippen LogP) is 2.71. The Morgan fingerprint density at radius 3 is 2.81 bits per heavy atom. The normalized spacial score (nSPS) is 23.1. The van der Waals surface area contributed by atoms with E-state index in [1.54, 1.807) is 0 Å². The highest BCUT2D eigenvalue weighted by Crippen LogP contribution is 2.25. The van der Waals surface area contributed by atoms with E-state index in [0.717, 1.165) is 26.2 Å². The van der Waals surface area contributed by atoms with E-state index in [2.05, 4.69) is 65.4 Å². The van der Waals surface area contributed by atoms with Gasteiger partial charge in [0, 0.05) is 38.6 Å². The summed E-state index contributed by atoms with van der Waals surface area (Å²) in [7, 11) is 0. The van der Waals surface area contributed by atoms with Crippen molar-refractivity contribution in [2.24, 2.45) is 0 Å². The lowest BCUT2D eigenvalue weighted by atomic mass is 9.89. The highest BCUT2D eigenvalue weighted by molar-refractivity contribution is 5.26. The minimum absolute atomic E-state index is 0.0282. The smallest absolute Gasteiger partial charge is 0.0535 e. The van der Waals surface area contributed by atoms with E-state index in [4.69, 9.17) is 0 Å². The Bertz CT molecular complexity index is 596. The molecule has 3 rings (SSSR count). The molecule has 21 heavy (non-hydrogen) atoms. The van der Waals surface area contributed by atoms with Crippen LogP contribution in [0.5, 0.6) is 0 Å². The number of aromatic nitrogens is 1. The lowest BCUT2D eigenvalue weighted by molar-refractivity contribution is 0.136. The molecule has 0 bridgehead atoms. The van der Waals surface area contributed by atoms with Crippen molar-refractivity contribution in [3.8, 4) is 0 Å². The standard InChI is InChI=1S/C18H23N3/c1-15-12-19-9-8-16(15)13-21-11-10-20-18(2,14-21)17-6-4-3-5-7-17/h3-9,12,20H,10-11,13-14H2,1-2H3. The van der Waals surface area contributed by atoms with Gasteiger partial charge in [0.25, 0.3) is 0 Å². The lowest BCUT2D eigenvalue weighted by Gasteiger charge is -2.42. The Morgan fingerprint density at radius 1 is 1.24 bits per heavy atom. The summed E-state index contributed by atoms with van der Waals surface area (Å²) in [6.45, 7) is 8.58. The summed E-state index contributed by atoms with van der Waals surface area (Å²) in [4.78, 5) is 6.72. The maximum Gasteiger partial charge on any atom is 0.0535 e. The van der Waals surface area contributed by atoms with Crippen molar-refractivity contribution in [1.29, 1.82) is 0 Å². The zero-order valence-electron chi connectivity index (χ0n) is 12.8. The predicted molar refractivity (Wildman–Crippen MR) is 86.0 cm³/mol. The Balaban J connectivity index is 1.76. The molecular formula is C18H23N3. The summed E-state index contributed by atoms with van der Waals surface area (Å²) in [5, 5.41) is 3.69. The molecular weight excluding hydrogens is 258 g/mol. The van der Waals surface area contributed by atoms with Gasteiger partial charge < -0.3 is 5.32 Å². The molecule has 3 nitrogen and oxygen atoms in total. The minimum atomic E-state index is 0.0282. The summed E-state index contributed by atoms with van der Waals surface area (Å²) >= 11 is 0. The number of piperazine rings is 1. The molecule has 1 saturated heterocycles. The Kier molecular flexibility index (Phi) is 4.04. The summed E-state index contributed by atoms with van der Waals surface area (Å²) in [5.41, 5.74) is 4.04. The largest absolute Gasteiger partial charge is 0.305 e. The average molecular weight is 281 g/mol. The second-order valence-electron chi connectivity index (χ2n) is 6.14. The van der Waals surface area contributed by atoms with Crippen LogP contribution in [0.1, 0.15) is 23.6 Å². The first-order valence-electron chi connectivity index (χ1n) is 7.60. The quantitative estimate of drug-likeness (QED) is 0.937. The molecule has 0 radical (unpaired) electrons. The zero-order chi connectivity index (χ0) is 14.7. The Morgan fingerprint density at radius 2 is 2.05 bits per heavy atom. The molecule has 0 spiro atoms. The van der Waals surface area contributed by atoms with Crippen LogP contribution in [0.15, 0.2) is 48.8 Å². The first kappa shape index (κ1) is 14.2. The van der Waals surface area contributed by atoms with Crippen LogP contribution < -0.4 is 5.32 Å². The van der Waals surface area contributed by atoms with Gasteiger partial charge in [0.1, 0.15) is 0 Å². The fourth-order valence-electron chi connectivity index (χ4n) is 3.13. The lowest BCUT2D eigenvalue weighted by Crippen LogP contribution is -2.56. The van der Waals surface area contributed by atoms with E-state index >= 15 is 0 Å². The first-order valence-corrected chi connectivity index (χ1v) is 7.60. The molecule has 1 unspecified atom stereocenters. The fourth-order valence-corrected chi connectivity index (χ4v) is 3.13. The van der Waals surface area contributed by atoms with Crippen LogP contribution in [-0.4, -0.2) is 29.5 Å². The van der Waals surface area contributed by atoms with E-state index in [1.807, 2.05) is 12.4 Å². The molecule has 0 saturated carbocycles. The minimum Gasteiger partial charge on any atom is -0.305 e. The van der Waals surface area contributed by atoms with Crippen LogP contribution in [0, 0.1) is 6.92 Å². The van der Waals surface area contributed by atoms with Gasteiger partial charge >= 0.3 is 0 Å². The van der Waals surface area contributed by atoms with Crippen molar-refractivity contribution in [1.82, 2.24) is 15.2 Å². The number of benzene rings is 1. The third-order valence-electron chi connectivity index (χ3n) is 4.42. The van der Waals surface area contributed by atoms with Crippen LogP contribution in [0.25, 0.3) is 0 Å². The number of nitrogens with zero attached hydrogens (tertiary/aromatic N) is 2. The third-order valence-corrected chi connectivity index (χ3v) is 4.42. The van der Waals surface area contributed by atoms with E-state index in [9.17, 15) is 0 Å². The van der Waals surface area contributed by atoms with Gasteiger partial charge in [-0.15, -0.1) is 0 Å². The zero-order valence-corrected chi connectivity index (χ0v) is 12.8. The number of aryl methyl sites for hydroxylation is 1. The van der Waals surface area contributed by atoms with Crippen LogP contribution in [0.2, 0.25) is 0 Å². The summed E-state index contributed by atoms with van der Waals surface area (Å²) in [6.07, 6.45) is 3.84. The van der Waals surface area contributed by atoms with Gasteiger partial charge in [0.2, 0.25) is 0 Å². The highest BCUT2D eigenvalue weighted by atomic mass is 15.2. The van der Waals surface area contributed by atoms with Gasteiger partial charge in [0.05, 0.1) is 5.54 Å². The number of pyridine rings is 1. The van der Waals surface area contributed by atoms with Crippen LogP contribution in [0.3, 0.4) is 0 Å². The van der Waals surface area contributed by atoms with Gasteiger partial charge in [-0.3, -0.25) is 9.88 Å². The van der Waals surface area contributed by atoms with Crippen molar-refractivity contribution < 1.29 is 0 Å². The fraction of sp³-hybridized carbons (Fsp3) is 0.389. The van der Waals surface area contributed by atoms with Gasteiger partial charge in [0.15, 0.2) is 0 Å². The second kappa shape index (κ2) is 5.96. The van der Waals surface area contributed by atoms with Crippen molar-refractivity contribution in [2.75, 3.05) is 19.6 Å². The van der Waals surface area contributed by atoms with Gasteiger partial charge in [-0.05, 0) is 36.6 Å². The molecule has 1 N–H and O–H groups in total. The molecule has 1 aromatic carbocycles. The highest BCUT2D eigenvalue weighted by Gasteiger charge is 2.32. The molecule has 1 aliphatic rings. The monoisotopic (exact) mass is 281 g/mol. The van der Waals surface area contributed by atoms with Crippen LogP contribution >= 0.6 is 0 Å². The van der Waals surface area contributed by atoms with E-state index in [-0.39, 0.29) is 5.54 Å². The van der Waals surface area contributed by atoms with Crippen LogP contribution in [0.4, 0.5) is 0 Å². The molecule has 0 aliphatic carbocycles. The average Bonchev–Trinajstić information content (AvgIpc) is 2.51. The first-order chi connectivity index (χ1) is 10.2. The molecule has 2 heterocycles. The Hall–Kier alpha value is -1.71. The molecule has 110 valence electrons. The molecule has 0 amide bonds. The number of hydrogen-bond donors (Lipinski definition) is 1. The molecule has 1 fully saturated rings. The van der Waals surface area contributed by atoms with Crippen molar-refractivity contribution >= 4 is 0 Å².